The first kappa shape index (κ1) is 21.0. The molecule has 154 valence electrons. The zero-order valence-corrected chi connectivity index (χ0v) is 17.8. The summed E-state index contributed by atoms with van der Waals surface area (Å²) in [5, 5.41) is 4.50. The molecule has 4 rings (SSSR count). The number of benzene rings is 2. The Kier molecular flexibility index (Phi) is 6.64. The Hall–Kier alpha value is -2.73. The fraction of sp³-hybridized carbons (Fsp3) is 0.364. The summed E-state index contributed by atoms with van der Waals surface area (Å²) in [7, 11) is 3.28. The summed E-state index contributed by atoms with van der Waals surface area (Å²) in [6.45, 7) is 4.12. The number of anilines is 2. The van der Waals surface area contributed by atoms with Gasteiger partial charge in [0, 0.05) is 30.6 Å². The molecule has 29 heavy (non-hydrogen) atoms. The molecule has 1 aliphatic heterocycles. The maximum absolute atomic E-state index is 5.50. The minimum absolute atomic E-state index is 0. The Labute approximate surface area is 177 Å². The van der Waals surface area contributed by atoms with E-state index < -0.39 is 0 Å². The third kappa shape index (κ3) is 4.32. The summed E-state index contributed by atoms with van der Waals surface area (Å²) in [5.41, 5.74) is 2.05. The van der Waals surface area contributed by atoms with E-state index in [1.54, 1.807) is 14.2 Å². The molecule has 1 saturated heterocycles. The predicted octanol–water partition coefficient (Wildman–Crippen LogP) is 4.84. The molecule has 0 radical (unpaired) electrons. The predicted molar refractivity (Wildman–Crippen MR) is 120 cm³/mol. The lowest BCUT2D eigenvalue weighted by Gasteiger charge is -2.21. The number of halogens is 1. The fourth-order valence-corrected chi connectivity index (χ4v) is 3.64. The van der Waals surface area contributed by atoms with Gasteiger partial charge < -0.3 is 19.7 Å². The highest BCUT2D eigenvalue weighted by Gasteiger charge is 2.20. The molecule has 2 aromatic carbocycles. The molecule has 7 heteroatoms. The zero-order valence-electron chi connectivity index (χ0n) is 17.0. The first-order valence-corrected chi connectivity index (χ1v) is 9.70. The van der Waals surface area contributed by atoms with Crippen molar-refractivity contribution in [1.82, 2.24) is 9.97 Å². The van der Waals surface area contributed by atoms with Gasteiger partial charge in [-0.05, 0) is 31.4 Å². The summed E-state index contributed by atoms with van der Waals surface area (Å²) in [4.78, 5) is 12.0. The molecule has 0 amide bonds. The van der Waals surface area contributed by atoms with Gasteiger partial charge in [-0.3, -0.25) is 0 Å². The number of aromatic nitrogens is 2. The quantitative estimate of drug-likeness (QED) is 0.622. The van der Waals surface area contributed by atoms with Crippen LogP contribution in [0.2, 0.25) is 0 Å². The third-order valence-electron chi connectivity index (χ3n) is 5.23. The van der Waals surface area contributed by atoms with Crippen LogP contribution >= 0.6 is 12.4 Å². The van der Waals surface area contributed by atoms with Crippen molar-refractivity contribution in [2.45, 2.75) is 25.8 Å². The zero-order chi connectivity index (χ0) is 19.5. The van der Waals surface area contributed by atoms with E-state index in [-0.39, 0.29) is 18.4 Å². The normalized spacial score (nSPS) is 14.4. The SMILES string of the molecule is COc1cc2nc(N3CCCC3)nc(NC(C)c3ccccc3)c2cc1OC.Cl. The smallest absolute Gasteiger partial charge is 0.227 e. The van der Waals surface area contributed by atoms with E-state index in [1.165, 1.54) is 18.4 Å². The first-order valence-electron chi connectivity index (χ1n) is 9.70. The van der Waals surface area contributed by atoms with Gasteiger partial charge >= 0.3 is 0 Å². The van der Waals surface area contributed by atoms with Crippen LogP contribution in [0.1, 0.15) is 31.4 Å². The molecule has 1 aliphatic rings. The molecule has 3 aromatic rings. The Morgan fingerprint density at radius 2 is 1.62 bits per heavy atom. The highest BCUT2D eigenvalue weighted by atomic mass is 35.5. The van der Waals surface area contributed by atoms with Crippen molar-refractivity contribution >= 4 is 35.1 Å². The molecule has 2 heterocycles. The summed E-state index contributed by atoms with van der Waals surface area (Å²) >= 11 is 0. The van der Waals surface area contributed by atoms with Crippen molar-refractivity contribution in [3.63, 3.8) is 0 Å². The maximum atomic E-state index is 5.50. The topological polar surface area (TPSA) is 59.5 Å². The molecule has 0 bridgehead atoms. The van der Waals surface area contributed by atoms with Crippen molar-refractivity contribution in [2.24, 2.45) is 0 Å². The van der Waals surface area contributed by atoms with Gasteiger partial charge in [0.2, 0.25) is 5.95 Å². The summed E-state index contributed by atoms with van der Waals surface area (Å²) in [5.74, 6) is 2.91. The van der Waals surface area contributed by atoms with Crippen LogP contribution in [0.4, 0.5) is 11.8 Å². The highest BCUT2D eigenvalue weighted by Crippen LogP contribution is 2.36. The van der Waals surface area contributed by atoms with Crippen LogP contribution in [0.15, 0.2) is 42.5 Å². The standard InChI is InChI=1S/C22H26N4O2.ClH/c1-15(16-9-5-4-6-10-16)23-21-17-13-19(27-2)20(28-3)14-18(17)24-22(25-21)26-11-7-8-12-26;/h4-6,9-10,13-15H,7-8,11-12H2,1-3H3,(H,23,24,25);1H. The van der Waals surface area contributed by atoms with E-state index in [4.69, 9.17) is 19.4 Å². The first-order chi connectivity index (χ1) is 13.7. The van der Waals surface area contributed by atoms with Gasteiger partial charge in [-0.25, -0.2) is 4.98 Å². The number of methoxy groups -OCH3 is 2. The molecule has 0 spiro atoms. The van der Waals surface area contributed by atoms with Gasteiger partial charge in [0.05, 0.1) is 19.7 Å². The van der Waals surface area contributed by atoms with E-state index in [0.29, 0.717) is 11.5 Å². The van der Waals surface area contributed by atoms with Crippen LogP contribution in [-0.4, -0.2) is 37.3 Å². The number of nitrogens with zero attached hydrogens (tertiary/aromatic N) is 3. The molecule has 0 aliphatic carbocycles. The van der Waals surface area contributed by atoms with Crippen LogP contribution < -0.4 is 19.7 Å². The van der Waals surface area contributed by atoms with E-state index in [1.807, 2.05) is 18.2 Å². The molecule has 1 atom stereocenters. The van der Waals surface area contributed by atoms with Gasteiger partial charge in [0.1, 0.15) is 5.82 Å². The monoisotopic (exact) mass is 414 g/mol. The minimum Gasteiger partial charge on any atom is -0.493 e. The molecule has 1 fully saturated rings. The molecule has 0 saturated carbocycles. The molecular formula is C22H27ClN4O2. The Balaban J connectivity index is 0.00000240. The lowest BCUT2D eigenvalue weighted by Crippen LogP contribution is -2.21. The average Bonchev–Trinajstić information content (AvgIpc) is 3.28. The van der Waals surface area contributed by atoms with Gasteiger partial charge in [0.25, 0.3) is 0 Å². The molecule has 6 nitrogen and oxygen atoms in total. The highest BCUT2D eigenvalue weighted by molar-refractivity contribution is 5.93. The molecule has 1 unspecified atom stereocenters. The summed E-state index contributed by atoms with van der Waals surface area (Å²) in [6, 6.07) is 14.3. The second-order valence-electron chi connectivity index (χ2n) is 7.07. The van der Waals surface area contributed by atoms with E-state index in [0.717, 1.165) is 35.8 Å². The largest absolute Gasteiger partial charge is 0.493 e. The third-order valence-corrected chi connectivity index (χ3v) is 5.23. The van der Waals surface area contributed by atoms with Gasteiger partial charge in [-0.2, -0.15) is 4.98 Å². The van der Waals surface area contributed by atoms with Crippen molar-refractivity contribution in [1.29, 1.82) is 0 Å². The van der Waals surface area contributed by atoms with Crippen molar-refractivity contribution in [3.8, 4) is 11.5 Å². The Morgan fingerprint density at radius 1 is 0.966 bits per heavy atom. The van der Waals surface area contributed by atoms with Crippen LogP contribution in [0, 0.1) is 0 Å². The fourth-order valence-electron chi connectivity index (χ4n) is 3.64. The van der Waals surface area contributed by atoms with E-state index in [2.05, 4.69) is 41.4 Å². The maximum Gasteiger partial charge on any atom is 0.227 e. The number of nitrogens with one attached hydrogen (secondary N) is 1. The number of hydrogen-bond donors (Lipinski definition) is 1. The summed E-state index contributed by atoms with van der Waals surface area (Å²) < 4.78 is 11.0. The van der Waals surface area contributed by atoms with Gasteiger partial charge in [-0.1, -0.05) is 30.3 Å². The lowest BCUT2D eigenvalue weighted by molar-refractivity contribution is 0.356. The Bertz CT molecular complexity index is 962. The minimum atomic E-state index is 0. The van der Waals surface area contributed by atoms with E-state index in [9.17, 15) is 0 Å². The van der Waals surface area contributed by atoms with Crippen LogP contribution in [0.25, 0.3) is 10.9 Å². The molecular weight excluding hydrogens is 388 g/mol. The number of hydrogen-bond acceptors (Lipinski definition) is 6. The van der Waals surface area contributed by atoms with Crippen LogP contribution in [0.3, 0.4) is 0 Å². The van der Waals surface area contributed by atoms with Crippen molar-refractivity contribution in [2.75, 3.05) is 37.5 Å². The second-order valence-corrected chi connectivity index (χ2v) is 7.07. The van der Waals surface area contributed by atoms with Crippen LogP contribution in [-0.2, 0) is 0 Å². The van der Waals surface area contributed by atoms with Crippen LogP contribution in [0.5, 0.6) is 11.5 Å². The van der Waals surface area contributed by atoms with E-state index >= 15 is 0 Å². The number of ether oxygens (including phenoxy) is 2. The van der Waals surface area contributed by atoms with Gasteiger partial charge in [0.15, 0.2) is 11.5 Å². The summed E-state index contributed by atoms with van der Waals surface area (Å²) in [6.07, 6.45) is 2.35. The molecule has 1 N–H and O–H groups in total. The lowest BCUT2D eigenvalue weighted by atomic mass is 10.1. The van der Waals surface area contributed by atoms with Crippen molar-refractivity contribution < 1.29 is 9.47 Å². The van der Waals surface area contributed by atoms with Gasteiger partial charge in [-0.15, -0.1) is 12.4 Å². The number of rotatable bonds is 6. The second kappa shape index (κ2) is 9.18. The average molecular weight is 415 g/mol. The Morgan fingerprint density at radius 3 is 2.28 bits per heavy atom. The number of fused-ring (bicyclic) bond motifs is 1. The molecule has 1 aromatic heterocycles. The van der Waals surface area contributed by atoms with Crippen molar-refractivity contribution in [3.05, 3.63) is 48.0 Å².